The van der Waals surface area contributed by atoms with Gasteiger partial charge in [-0.05, 0) is 25.7 Å². The van der Waals surface area contributed by atoms with Crippen molar-refractivity contribution in [1.82, 2.24) is 10.6 Å². The number of amides is 2. The Hall–Kier alpha value is -1.14. The molecule has 0 radical (unpaired) electrons. The zero-order valence-electron chi connectivity index (χ0n) is 11.9. The second kappa shape index (κ2) is 8.21. The van der Waals surface area contributed by atoms with Crippen LogP contribution < -0.4 is 10.6 Å². The predicted octanol–water partition coefficient (Wildman–Crippen LogP) is 0.357. The van der Waals surface area contributed by atoms with E-state index in [1.807, 2.05) is 0 Å². The van der Waals surface area contributed by atoms with E-state index in [1.165, 1.54) is 0 Å². The van der Waals surface area contributed by atoms with Crippen molar-refractivity contribution in [2.75, 3.05) is 26.3 Å². The average Bonchev–Trinajstić information content (AvgIpc) is 3.13. The molecular weight excluding hydrogens is 260 g/mol. The maximum Gasteiger partial charge on any atom is 0.220 e. The second-order valence-corrected chi connectivity index (χ2v) is 5.38. The Bertz CT molecular complexity index is 291. The highest BCUT2D eigenvalue weighted by Gasteiger charge is 2.18. The SMILES string of the molecule is O=C(CCC(=O)NCC1CCCO1)NCC1CCCO1. The Morgan fingerprint density at radius 2 is 1.30 bits per heavy atom. The zero-order chi connectivity index (χ0) is 14.2. The lowest BCUT2D eigenvalue weighted by molar-refractivity contribution is -0.126. The van der Waals surface area contributed by atoms with Crippen LogP contribution in [0.5, 0.6) is 0 Å². The molecule has 0 aliphatic carbocycles. The van der Waals surface area contributed by atoms with Gasteiger partial charge in [-0.1, -0.05) is 0 Å². The fraction of sp³-hybridized carbons (Fsp3) is 0.857. The number of carbonyl (C=O) groups excluding carboxylic acids is 2. The number of carbonyl (C=O) groups is 2. The third kappa shape index (κ3) is 5.46. The minimum Gasteiger partial charge on any atom is -0.376 e. The van der Waals surface area contributed by atoms with Gasteiger partial charge in [0, 0.05) is 39.1 Å². The van der Waals surface area contributed by atoms with E-state index in [-0.39, 0.29) is 36.9 Å². The number of hydrogen-bond acceptors (Lipinski definition) is 4. The molecule has 6 heteroatoms. The molecule has 2 amide bonds. The molecule has 2 rings (SSSR count). The fourth-order valence-electron chi connectivity index (χ4n) is 2.47. The molecule has 2 heterocycles. The standard InChI is InChI=1S/C14H24N2O4/c17-13(15-9-11-3-1-7-19-11)5-6-14(18)16-10-12-4-2-8-20-12/h11-12H,1-10H2,(H,15,17)(H,16,18). The zero-order valence-corrected chi connectivity index (χ0v) is 11.9. The van der Waals surface area contributed by atoms with Gasteiger partial charge in [0.2, 0.25) is 11.8 Å². The fourth-order valence-corrected chi connectivity index (χ4v) is 2.47. The van der Waals surface area contributed by atoms with Gasteiger partial charge < -0.3 is 20.1 Å². The van der Waals surface area contributed by atoms with E-state index in [0.717, 1.165) is 38.9 Å². The molecule has 114 valence electrons. The molecular formula is C14H24N2O4. The normalized spacial score (nSPS) is 25.6. The van der Waals surface area contributed by atoms with Gasteiger partial charge in [0.15, 0.2) is 0 Å². The van der Waals surface area contributed by atoms with E-state index in [9.17, 15) is 9.59 Å². The minimum absolute atomic E-state index is 0.0900. The molecule has 0 saturated carbocycles. The van der Waals surface area contributed by atoms with Crippen molar-refractivity contribution in [3.63, 3.8) is 0 Å². The molecule has 2 aliphatic heterocycles. The summed E-state index contributed by atoms with van der Waals surface area (Å²) in [4.78, 5) is 23.2. The molecule has 0 aromatic rings. The highest BCUT2D eigenvalue weighted by molar-refractivity contribution is 5.83. The smallest absolute Gasteiger partial charge is 0.220 e. The topological polar surface area (TPSA) is 76.7 Å². The van der Waals surface area contributed by atoms with Crippen LogP contribution in [0.25, 0.3) is 0 Å². The highest BCUT2D eigenvalue weighted by atomic mass is 16.5. The van der Waals surface area contributed by atoms with Gasteiger partial charge in [-0.2, -0.15) is 0 Å². The molecule has 2 atom stereocenters. The lowest BCUT2D eigenvalue weighted by atomic mass is 10.2. The van der Waals surface area contributed by atoms with Crippen molar-refractivity contribution < 1.29 is 19.1 Å². The van der Waals surface area contributed by atoms with E-state index in [1.54, 1.807) is 0 Å². The third-order valence-electron chi connectivity index (χ3n) is 3.68. The molecule has 6 nitrogen and oxygen atoms in total. The van der Waals surface area contributed by atoms with E-state index in [0.29, 0.717) is 13.1 Å². The van der Waals surface area contributed by atoms with Crippen LogP contribution in [0.1, 0.15) is 38.5 Å². The van der Waals surface area contributed by atoms with Crippen LogP contribution in [-0.2, 0) is 19.1 Å². The summed E-state index contributed by atoms with van der Waals surface area (Å²) in [5.74, 6) is -0.180. The lowest BCUT2D eigenvalue weighted by Crippen LogP contribution is -2.34. The Kier molecular flexibility index (Phi) is 6.26. The molecule has 2 aliphatic rings. The Morgan fingerprint density at radius 3 is 1.65 bits per heavy atom. The Morgan fingerprint density at radius 1 is 0.850 bits per heavy atom. The largest absolute Gasteiger partial charge is 0.376 e. The summed E-state index contributed by atoms with van der Waals surface area (Å²) < 4.78 is 10.8. The highest BCUT2D eigenvalue weighted by Crippen LogP contribution is 2.11. The summed E-state index contributed by atoms with van der Waals surface area (Å²) in [6.07, 6.45) is 4.87. The molecule has 2 saturated heterocycles. The first-order valence-electron chi connectivity index (χ1n) is 7.50. The molecule has 0 bridgehead atoms. The first-order chi connectivity index (χ1) is 9.74. The Balaban J connectivity index is 1.49. The number of ether oxygens (including phenoxy) is 2. The molecule has 2 unspecified atom stereocenters. The van der Waals surface area contributed by atoms with Crippen LogP contribution in [0, 0.1) is 0 Å². The summed E-state index contributed by atoms with van der Waals surface area (Å²) in [5.41, 5.74) is 0. The van der Waals surface area contributed by atoms with Crippen LogP contribution in [-0.4, -0.2) is 50.3 Å². The van der Waals surface area contributed by atoms with E-state index < -0.39 is 0 Å². The van der Waals surface area contributed by atoms with E-state index >= 15 is 0 Å². The van der Waals surface area contributed by atoms with Gasteiger partial charge in [0.1, 0.15) is 0 Å². The monoisotopic (exact) mass is 284 g/mol. The van der Waals surface area contributed by atoms with Crippen LogP contribution in [0.2, 0.25) is 0 Å². The maximum absolute atomic E-state index is 11.6. The van der Waals surface area contributed by atoms with Crippen molar-refractivity contribution in [3.05, 3.63) is 0 Å². The summed E-state index contributed by atoms with van der Waals surface area (Å²) in [6.45, 7) is 2.67. The number of hydrogen-bond donors (Lipinski definition) is 2. The van der Waals surface area contributed by atoms with Crippen LogP contribution >= 0.6 is 0 Å². The predicted molar refractivity (Wildman–Crippen MR) is 73.2 cm³/mol. The van der Waals surface area contributed by atoms with Gasteiger partial charge in [0.25, 0.3) is 0 Å². The molecule has 0 aromatic heterocycles. The van der Waals surface area contributed by atoms with Crippen molar-refractivity contribution in [2.45, 2.75) is 50.7 Å². The molecule has 0 spiro atoms. The number of rotatable bonds is 7. The first-order valence-corrected chi connectivity index (χ1v) is 7.50. The third-order valence-corrected chi connectivity index (χ3v) is 3.68. The van der Waals surface area contributed by atoms with Gasteiger partial charge >= 0.3 is 0 Å². The van der Waals surface area contributed by atoms with E-state index in [2.05, 4.69) is 10.6 Å². The first kappa shape index (κ1) is 15.3. The average molecular weight is 284 g/mol. The maximum atomic E-state index is 11.6. The van der Waals surface area contributed by atoms with Crippen molar-refractivity contribution in [2.24, 2.45) is 0 Å². The van der Waals surface area contributed by atoms with Crippen molar-refractivity contribution >= 4 is 11.8 Å². The summed E-state index contributed by atoms with van der Waals surface area (Å²) in [5, 5.41) is 5.62. The van der Waals surface area contributed by atoms with Crippen LogP contribution in [0.15, 0.2) is 0 Å². The molecule has 2 fully saturated rings. The minimum atomic E-state index is -0.0900. The van der Waals surface area contributed by atoms with Crippen LogP contribution in [0.4, 0.5) is 0 Å². The van der Waals surface area contributed by atoms with Gasteiger partial charge in [-0.3, -0.25) is 9.59 Å². The Labute approximate surface area is 119 Å². The quantitative estimate of drug-likeness (QED) is 0.707. The van der Waals surface area contributed by atoms with Crippen molar-refractivity contribution in [1.29, 1.82) is 0 Å². The van der Waals surface area contributed by atoms with E-state index in [4.69, 9.17) is 9.47 Å². The van der Waals surface area contributed by atoms with Crippen LogP contribution in [0.3, 0.4) is 0 Å². The molecule has 2 N–H and O–H groups in total. The van der Waals surface area contributed by atoms with Gasteiger partial charge in [-0.25, -0.2) is 0 Å². The second-order valence-electron chi connectivity index (χ2n) is 5.38. The van der Waals surface area contributed by atoms with Crippen molar-refractivity contribution in [3.8, 4) is 0 Å². The molecule has 0 aromatic carbocycles. The van der Waals surface area contributed by atoms with Gasteiger partial charge in [0.05, 0.1) is 12.2 Å². The van der Waals surface area contributed by atoms with Gasteiger partial charge in [-0.15, -0.1) is 0 Å². The summed E-state index contributed by atoms with van der Waals surface area (Å²) >= 11 is 0. The summed E-state index contributed by atoms with van der Waals surface area (Å²) in [6, 6.07) is 0. The summed E-state index contributed by atoms with van der Waals surface area (Å²) in [7, 11) is 0. The molecule has 20 heavy (non-hydrogen) atoms. The number of nitrogens with one attached hydrogen (secondary N) is 2. The lowest BCUT2D eigenvalue weighted by Gasteiger charge is -2.12.